The van der Waals surface area contributed by atoms with E-state index in [0.717, 1.165) is 43.2 Å². The Morgan fingerprint density at radius 2 is 2.41 bits per heavy atom. The maximum absolute atomic E-state index is 6.13. The quantitative estimate of drug-likeness (QED) is 0.755. The molecule has 4 nitrogen and oxygen atoms in total. The number of nitrogens with zero attached hydrogens (tertiary/aromatic N) is 1. The van der Waals surface area contributed by atoms with Gasteiger partial charge in [0.25, 0.3) is 0 Å². The molecule has 3 N–H and O–H groups in total. The van der Waals surface area contributed by atoms with Gasteiger partial charge in [-0.2, -0.15) is 0 Å². The Labute approximate surface area is 101 Å². The van der Waals surface area contributed by atoms with Crippen LogP contribution in [0.5, 0.6) is 5.75 Å². The van der Waals surface area contributed by atoms with E-state index in [1.165, 1.54) is 5.56 Å². The number of nitrogens with one attached hydrogen (secondary N) is 1. The van der Waals surface area contributed by atoms with Gasteiger partial charge in [-0.3, -0.25) is 4.99 Å². The number of fused-ring (bicyclic) bond motifs is 1. The van der Waals surface area contributed by atoms with Crippen LogP contribution in [0.2, 0.25) is 0 Å². The van der Waals surface area contributed by atoms with Gasteiger partial charge in [-0.05, 0) is 24.6 Å². The molecular formula is C13H17N3O. The number of aliphatic imine (C=N–C) groups is 1. The molecule has 0 amide bonds. The molecule has 0 saturated carbocycles. The molecule has 4 heteroatoms. The van der Waals surface area contributed by atoms with Crippen LogP contribution in [0, 0.1) is 0 Å². The van der Waals surface area contributed by atoms with Gasteiger partial charge in [0.1, 0.15) is 11.6 Å². The van der Waals surface area contributed by atoms with Gasteiger partial charge in [0.2, 0.25) is 0 Å². The number of hydrogen-bond acceptors (Lipinski definition) is 4. The van der Waals surface area contributed by atoms with Crippen LogP contribution in [0.4, 0.5) is 5.69 Å². The highest BCUT2D eigenvalue weighted by Gasteiger charge is 2.43. The van der Waals surface area contributed by atoms with Crippen LogP contribution in [-0.2, 0) is 6.42 Å². The second kappa shape index (κ2) is 3.65. The van der Waals surface area contributed by atoms with E-state index in [9.17, 15) is 0 Å². The predicted molar refractivity (Wildman–Crippen MR) is 68.5 cm³/mol. The van der Waals surface area contributed by atoms with E-state index in [1.54, 1.807) is 0 Å². The highest BCUT2D eigenvalue weighted by atomic mass is 16.5. The first-order valence-electron chi connectivity index (χ1n) is 6.10. The minimum atomic E-state index is -0.299. The molecule has 0 aliphatic carbocycles. The molecule has 0 bridgehead atoms. The zero-order chi connectivity index (χ0) is 11.9. The summed E-state index contributed by atoms with van der Waals surface area (Å²) >= 11 is 0. The third kappa shape index (κ3) is 1.55. The molecule has 17 heavy (non-hydrogen) atoms. The summed E-state index contributed by atoms with van der Waals surface area (Å²) < 4.78 is 6.13. The maximum Gasteiger partial charge on any atom is 0.169 e. The molecule has 0 saturated heterocycles. The van der Waals surface area contributed by atoms with Gasteiger partial charge < -0.3 is 15.8 Å². The van der Waals surface area contributed by atoms with Crippen molar-refractivity contribution in [3.8, 4) is 5.75 Å². The van der Waals surface area contributed by atoms with E-state index in [1.807, 2.05) is 18.2 Å². The third-order valence-electron chi connectivity index (χ3n) is 3.54. The van der Waals surface area contributed by atoms with Gasteiger partial charge in [0.05, 0.1) is 6.54 Å². The molecular weight excluding hydrogens is 214 g/mol. The van der Waals surface area contributed by atoms with E-state index < -0.39 is 0 Å². The normalized spacial score (nSPS) is 26.1. The van der Waals surface area contributed by atoms with Gasteiger partial charge in [-0.15, -0.1) is 0 Å². The molecule has 1 atom stereocenters. The topological polar surface area (TPSA) is 59.6 Å². The van der Waals surface area contributed by atoms with Crippen molar-refractivity contribution in [3.05, 3.63) is 23.8 Å². The zero-order valence-electron chi connectivity index (χ0n) is 9.99. The average Bonchev–Trinajstić information content (AvgIpc) is 2.95. The Balaban J connectivity index is 1.97. The fourth-order valence-corrected chi connectivity index (χ4v) is 2.59. The fourth-order valence-electron chi connectivity index (χ4n) is 2.59. The smallest absolute Gasteiger partial charge is 0.169 e. The standard InChI is InChI=1S/C13H17N3O/c1-2-13(12-15-5-6-16-12)8-9-7-10(14)3-4-11(9)17-13/h3-4,7H,2,5-6,8,14H2,1H3,(H,15,16). The highest BCUT2D eigenvalue weighted by Crippen LogP contribution is 2.38. The van der Waals surface area contributed by atoms with Crippen LogP contribution in [0.25, 0.3) is 0 Å². The van der Waals surface area contributed by atoms with Gasteiger partial charge in [-0.1, -0.05) is 6.92 Å². The van der Waals surface area contributed by atoms with Gasteiger partial charge in [0, 0.05) is 24.2 Å². The lowest BCUT2D eigenvalue weighted by atomic mass is 9.93. The average molecular weight is 231 g/mol. The van der Waals surface area contributed by atoms with Crippen LogP contribution < -0.4 is 15.8 Å². The van der Waals surface area contributed by atoms with Crippen molar-refractivity contribution in [1.82, 2.24) is 5.32 Å². The lowest BCUT2D eigenvalue weighted by Crippen LogP contribution is -2.48. The van der Waals surface area contributed by atoms with Crippen molar-refractivity contribution >= 4 is 11.5 Å². The van der Waals surface area contributed by atoms with Crippen molar-refractivity contribution < 1.29 is 4.74 Å². The molecule has 90 valence electrons. The Morgan fingerprint density at radius 1 is 1.53 bits per heavy atom. The molecule has 0 aromatic heterocycles. The Bertz CT molecular complexity index is 484. The van der Waals surface area contributed by atoms with Crippen molar-refractivity contribution in [2.24, 2.45) is 4.99 Å². The predicted octanol–water partition coefficient (Wildman–Crippen LogP) is 1.35. The summed E-state index contributed by atoms with van der Waals surface area (Å²) in [6.45, 7) is 3.90. The highest BCUT2D eigenvalue weighted by molar-refractivity contribution is 5.93. The first kappa shape index (κ1) is 10.4. The van der Waals surface area contributed by atoms with Crippen LogP contribution in [-0.4, -0.2) is 24.5 Å². The van der Waals surface area contributed by atoms with Gasteiger partial charge in [-0.25, -0.2) is 0 Å². The largest absolute Gasteiger partial charge is 0.479 e. The molecule has 0 radical (unpaired) electrons. The maximum atomic E-state index is 6.13. The van der Waals surface area contributed by atoms with E-state index in [0.29, 0.717) is 0 Å². The molecule has 1 aromatic rings. The Hall–Kier alpha value is -1.71. The first-order chi connectivity index (χ1) is 8.23. The second-order valence-corrected chi connectivity index (χ2v) is 4.65. The van der Waals surface area contributed by atoms with E-state index in [4.69, 9.17) is 10.5 Å². The number of rotatable bonds is 2. The summed E-state index contributed by atoms with van der Waals surface area (Å²) in [5, 5.41) is 3.33. The summed E-state index contributed by atoms with van der Waals surface area (Å²) in [6.07, 6.45) is 1.77. The summed E-state index contributed by atoms with van der Waals surface area (Å²) in [5.74, 6) is 1.94. The molecule has 1 unspecified atom stereocenters. The molecule has 2 aliphatic heterocycles. The van der Waals surface area contributed by atoms with Crippen molar-refractivity contribution in [2.75, 3.05) is 18.8 Å². The van der Waals surface area contributed by atoms with Crippen LogP contribution in [0.3, 0.4) is 0 Å². The molecule has 2 heterocycles. The van der Waals surface area contributed by atoms with Crippen molar-refractivity contribution in [1.29, 1.82) is 0 Å². The van der Waals surface area contributed by atoms with E-state index >= 15 is 0 Å². The number of nitrogen functional groups attached to an aromatic ring is 1. The second-order valence-electron chi connectivity index (χ2n) is 4.65. The lowest BCUT2D eigenvalue weighted by molar-refractivity contribution is 0.162. The molecule has 2 aliphatic rings. The Morgan fingerprint density at radius 3 is 3.12 bits per heavy atom. The monoisotopic (exact) mass is 231 g/mol. The lowest BCUT2D eigenvalue weighted by Gasteiger charge is -2.27. The Kier molecular flexibility index (Phi) is 2.24. The zero-order valence-corrected chi connectivity index (χ0v) is 9.99. The minimum Gasteiger partial charge on any atom is -0.479 e. The summed E-state index contributed by atoms with van der Waals surface area (Å²) in [7, 11) is 0. The van der Waals surface area contributed by atoms with E-state index in [2.05, 4.69) is 17.2 Å². The van der Waals surface area contributed by atoms with E-state index in [-0.39, 0.29) is 5.60 Å². The van der Waals surface area contributed by atoms with Gasteiger partial charge >= 0.3 is 0 Å². The number of amidine groups is 1. The SMILES string of the molecule is CCC1(C2=NCCN2)Cc2cc(N)ccc2O1. The summed E-state index contributed by atoms with van der Waals surface area (Å²) in [5.41, 5.74) is 7.49. The molecule has 0 fully saturated rings. The number of anilines is 1. The van der Waals surface area contributed by atoms with Crippen molar-refractivity contribution in [2.45, 2.75) is 25.4 Å². The summed E-state index contributed by atoms with van der Waals surface area (Å²) in [4.78, 5) is 4.52. The molecule has 0 spiro atoms. The van der Waals surface area contributed by atoms with Crippen molar-refractivity contribution in [3.63, 3.8) is 0 Å². The minimum absolute atomic E-state index is 0.299. The number of hydrogen-bond donors (Lipinski definition) is 2. The van der Waals surface area contributed by atoms with Crippen LogP contribution in [0.15, 0.2) is 23.2 Å². The van der Waals surface area contributed by atoms with Gasteiger partial charge in [0.15, 0.2) is 5.60 Å². The molecule has 1 aromatic carbocycles. The van der Waals surface area contributed by atoms with Crippen LogP contribution >= 0.6 is 0 Å². The van der Waals surface area contributed by atoms with Crippen LogP contribution in [0.1, 0.15) is 18.9 Å². The number of nitrogens with two attached hydrogens (primary N) is 1. The third-order valence-corrected chi connectivity index (χ3v) is 3.54. The number of benzene rings is 1. The fraction of sp³-hybridized carbons (Fsp3) is 0.462. The first-order valence-corrected chi connectivity index (χ1v) is 6.10. The number of ether oxygens (including phenoxy) is 1. The summed E-state index contributed by atoms with van der Waals surface area (Å²) in [6, 6.07) is 5.84. The molecule has 3 rings (SSSR count).